The van der Waals surface area contributed by atoms with Crippen molar-refractivity contribution in [3.63, 3.8) is 0 Å². The Kier molecular flexibility index (Phi) is 4.24. The lowest BCUT2D eigenvalue weighted by Gasteiger charge is -2.49. The van der Waals surface area contributed by atoms with Crippen LogP contribution in [0.25, 0.3) is 0 Å². The fourth-order valence-electron chi connectivity index (χ4n) is 5.34. The Bertz CT molecular complexity index is 1090. The quantitative estimate of drug-likeness (QED) is 0.539. The summed E-state index contributed by atoms with van der Waals surface area (Å²) in [4.78, 5) is 13.4. The van der Waals surface area contributed by atoms with Crippen molar-refractivity contribution in [3.05, 3.63) is 101 Å². The third-order valence-electron chi connectivity index (χ3n) is 6.54. The summed E-state index contributed by atoms with van der Waals surface area (Å²) >= 11 is 0. The van der Waals surface area contributed by atoms with Crippen LogP contribution in [0.15, 0.2) is 72.8 Å². The highest BCUT2D eigenvalue weighted by Gasteiger charge is 2.50. The fourth-order valence-corrected chi connectivity index (χ4v) is 5.34. The van der Waals surface area contributed by atoms with Gasteiger partial charge in [0.1, 0.15) is 0 Å². The number of anilines is 1. The van der Waals surface area contributed by atoms with Crippen LogP contribution >= 0.6 is 0 Å². The van der Waals surface area contributed by atoms with E-state index in [0.29, 0.717) is 0 Å². The van der Waals surface area contributed by atoms with Crippen LogP contribution in [0.2, 0.25) is 0 Å². The molecule has 3 aliphatic rings. The van der Waals surface area contributed by atoms with Crippen LogP contribution in [0.4, 0.5) is 18.9 Å². The van der Waals surface area contributed by atoms with Crippen LogP contribution in [0, 0.1) is 11.8 Å². The maximum absolute atomic E-state index is 13.4. The Morgan fingerprint density at radius 3 is 1.87 bits per heavy atom. The van der Waals surface area contributed by atoms with Crippen LogP contribution in [-0.2, 0) is 11.0 Å². The summed E-state index contributed by atoms with van der Waals surface area (Å²) in [5, 5.41) is 2.76. The third kappa shape index (κ3) is 2.83. The molecule has 0 saturated heterocycles. The van der Waals surface area contributed by atoms with Gasteiger partial charge in [0.05, 0.1) is 11.5 Å². The van der Waals surface area contributed by atoms with E-state index in [1.54, 1.807) is 0 Å². The molecular formula is C25H20F3NO. The van der Waals surface area contributed by atoms with Crippen molar-refractivity contribution in [2.45, 2.75) is 24.9 Å². The summed E-state index contributed by atoms with van der Waals surface area (Å²) in [6.07, 6.45) is -4.45. The largest absolute Gasteiger partial charge is 0.416 e. The molecule has 152 valence electrons. The Morgan fingerprint density at radius 1 is 0.800 bits per heavy atom. The van der Waals surface area contributed by atoms with Gasteiger partial charge in [-0.3, -0.25) is 4.79 Å². The first kappa shape index (κ1) is 18.9. The van der Waals surface area contributed by atoms with E-state index in [0.717, 1.165) is 23.3 Å². The van der Waals surface area contributed by atoms with Crippen molar-refractivity contribution >= 4 is 11.6 Å². The molecule has 0 heterocycles. The van der Waals surface area contributed by atoms with Gasteiger partial charge in [-0.2, -0.15) is 13.2 Å². The van der Waals surface area contributed by atoms with Crippen molar-refractivity contribution in [1.82, 2.24) is 0 Å². The highest BCUT2D eigenvalue weighted by atomic mass is 19.4. The Morgan fingerprint density at radius 2 is 1.33 bits per heavy atom. The molecule has 0 fully saturated rings. The van der Waals surface area contributed by atoms with Crippen LogP contribution < -0.4 is 5.32 Å². The van der Waals surface area contributed by atoms with Gasteiger partial charge in [-0.05, 0) is 46.4 Å². The summed E-state index contributed by atoms with van der Waals surface area (Å²) in [5.74, 6) is -0.566. The minimum Gasteiger partial charge on any atom is -0.326 e. The van der Waals surface area contributed by atoms with Gasteiger partial charge in [0.15, 0.2) is 0 Å². The first-order valence-electron chi connectivity index (χ1n) is 10.0. The first-order valence-corrected chi connectivity index (χ1v) is 10.0. The van der Waals surface area contributed by atoms with Crippen molar-refractivity contribution in [2.24, 2.45) is 11.8 Å². The second kappa shape index (κ2) is 6.73. The zero-order chi connectivity index (χ0) is 21.0. The molecule has 5 heteroatoms. The van der Waals surface area contributed by atoms with E-state index < -0.39 is 11.7 Å². The molecule has 30 heavy (non-hydrogen) atoms. The third-order valence-corrected chi connectivity index (χ3v) is 6.54. The molecule has 3 aliphatic carbocycles. The molecule has 2 nitrogen and oxygen atoms in total. The summed E-state index contributed by atoms with van der Waals surface area (Å²) in [5.41, 5.74) is 4.18. The van der Waals surface area contributed by atoms with Gasteiger partial charge in [-0.15, -0.1) is 0 Å². The number of rotatable bonds is 2. The van der Waals surface area contributed by atoms with Crippen LogP contribution in [-0.4, -0.2) is 5.91 Å². The van der Waals surface area contributed by atoms with Gasteiger partial charge in [0.25, 0.3) is 0 Å². The van der Waals surface area contributed by atoms with Crippen molar-refractivity contribution in [3.8, 4) is 0 Å². The van der Waals surface area contributed by atoms with E-state index in [-0.39, 0.29) is 35.3 Å². The number of carbonyl (C=O) groups excluding carboxylic acids is 1. The average Bonchev–Trinajstić information content (AvgIpc) is 2.73. The molecule has 0 aliphatic heterocycles. The van der Waals surface area contributed by atoms with Gasteiger partial charge >= 0.3 is 6.18 Å². The first-order chi connectivity index (χ1) is 14.4. The average molecular weight is 407 g/mol. The Balaban J connectivity index is 1.54. The number of alkyl halides is 3. The Labute approximate surface area is 172 Å². The van der Waals surface area contributed by atoms with Crippen molar-refractivity contribution < 1.29 is 18.0 Å². The minimum atomic E-state index is -4.45. The number of nitrogens with one attached hydrogen (secondary N) is 1. The van der Waals surface area contributed by atoms with E-state index in [2.05, 4.69) is 36.5 Å². The lowest BCUT2D eigenvalue weighted by Crippen LogP contribution is -2.44. The summed E-state index contributed by atoms with van der Waals surface area (Å²) < 4.78 is 39.2. The van der Waals surface area contributed by atoms with E-state index in [4.69, 9.17) is 0 Å². The molecule has 3 aromatic rings. The molecule has 2 atom stereocenters. The summed E-state index contributed by atoms with van der Waals surface area (Å²) in [7, 11) is 0. The molecule has 0 spiro atoms. The van der Waals surface area contributed by atoms with E-state index in [1.807, 2.05) is 24.3 Å². The number of benzene rings is 3. The summed E-state index contributed by atoms with van der Waals surface area (Å²) in [6.45, 7) is 2.07. The zero-order valence-electron chi connectivity index (χ0n) is 16.3. The molecular weight excluding hydrogens is 387 g/mol. The number of fused-ring (bicyclic) bond motifs is 1. The van der Waals surface area contributed by atoms with Gasteiger partial charge in [-0.25, -0.2) is 0 Å². The predicted molar refractivity (Wildman–Crippen MR) is 109 cm³/mol. The second-order valence-corrected chi connectivity index (χ2v) is 8.17. The SMILES string of the molecule is C[C@H]1C2c3ccccc3C(c3ccccc32)[C@@H]1C(=O)Nc1cccc(C(F)(F)F)c1. The molecule has 0 aromatic heterocycles. The molecule has 6 rings (SSSR count). The topological polar surface area (TPSA) is 29.1 Å². The molecule has 1 amide bonds. The highest BCUT2D eigenvalue weighted by molar-refractivity contribution is 5.95. The fraction of sp³-hybridized carbons (Fsp3) is 0.240. The number of amides is 1. The van der Waals surface area contributed by atoms with Crippen LogP contribution in [0.3, 0.4) is 0 Å². The summed E-state index contributed by atoms with van der Waals surface area (Å²) in [6, 6.07) is 21.2. The predicted octanol–water partition coefficient (Wildman–Crippen LogP) is 6.19. The highest BCUT2D eigenvalue weighted by Crippen LogP contribution is 2.58. The van der Waals surface area contributed by atoms with Crippen LogP contribution in [0.1, 0.15) is 46.6 Å². The molecule has 2 bridgehead atoms. The maximum Gasteiger partial charge on any atom is 0.416 e. The number of halogens is 3. The standard InChI is InChI=1S/C25H20F3NO/c1-14-21-17-9-2-4-11-19(17)23(20-12-5-3-10-18(20)21)22(14)24(30)29-16-8-6-7-15(13-16)25(26,27)28/h2-14,21-23H,1H3,(H,29,30)/t14-,21?,22+,23?/m0/s1. The normalized spacial score (nSPS) is 24.1. The van der Waals surface area contributed by atoms with Crippen molar-refractivity contribution in [1.29, 1.82) is 0 Å². The number of carbonyl (C=O) groups is 1. The van der Waals surface area contributed by atoms with Gasteiger partial charge < -0.3 is 5.32 Å². The number of hydrogen-bond acceptors (Lipinski definition) is 1. The molecule has 0 saturated carbocycles. The second-order valence-electron chi connectivity index (χ2n) is 8.17. The number of hydrogen-bond donors (Lipinski definition) is 1. The van der Waals surface area contributed by atoms with E-state index >= 15 is 0 Å². The Hall–Kier alpha value is -3.08. The molecule has 0 radical (unpaired) electrons. The van der Waals surface area contributed by atoms with Gasteiger partial charge in [0, 0.05) is 17.5 Å². The van der Waals surface area contributed by atoms with E-state index in [1.165, 1.54) is 23.3 Å². The molecule has 1 N–H and O–H groups in total. The van der Waals surface area contributed by atoms with E-state index in [9.17, 15) is 18.0 Å². The molecule has 3 aromatic carbocycles. The van der Waals surface area contributed by atoms with Gasteiger partial charge in [0.2, 0.25) is 5.91 Å². The smallest absolute Gasteiger partial charge is 0.326 e. The van der Waals surface area contributed by atoms with Gasteiger partial charge in [-0.1, -0.05) is 61.5 Å². The zero-order valence-corrected chi connectivity index (χ0v) is 16.3. The lowest BCUT2D eigenvalue weighted by atomic mass is 9.54. The maximum atomic E-state index is 13.4. The van der Waals surface area contributed by atoms with Crippen molar-refractivity contribution in [2.75, 3.05) is 5.32 Å². The van der Waals surface area contributed by atoms with Crippen LogP contribution in [0.5, 0.6) is 0 Å². The minimum absolute atomic E-state index is 0.0330. The lowest BCUT2D eigenvalue weighted by molar-refractivity contribution is -0.137. The monoisotopic (exact) mass is 407 g/mol. The molecule has 0 unspecified atom stereocenters.